The average molecular weight is 284 g/mol. The number of carboxylic acids is 1. The molecule has 1 aliphatic carbocycles. The molecule has 2 fully saturated rings. The van der Waals surface area contributed by atoms with Crippen molar-refractivity contribution in [2.45, 2.75) is 51.2 Å². The van der Waals surface area contributed by atoms with Crippen molar-refractivity contribution in [3.8, 4) is 0 Å². The molecule has 1 aliphatic heterocycles. The predicted octanol–water partition coefficient (Wildman–Crippen LogP) is 1.45. The summed E-state index contributed by atoms with van der Waals surface area (Å²) in [6.45, 7) is 3.13. The number of ether oxygens (including phenoxy) is 1. The Balaban J connectivity index is 1.91. The summed E-state index contributed by atoms with van der Waals surface area (Å²) in [5.74, 6) is -0.964. The van der Waals surface area contributed by atoms with Crippen LogP contribution in [0.5, 0.6) is 0 Å². The molecule has 0 spiro atoms. The Morgan fingerprint density at radius 1 is 1.45 bits per heavy atom. The van der Waals surface area contributed by atoms with Gasteiger partial charge in [-0.15, -0.1) is 0 Å². The van der Waals surface area contributed by atoms with E-state index in [1.807, 2.05) is 0 Å². The first kappa shape index (κ1) is 15.1. The number of rotatable bonds is 5. The van der Waals surface area contributed by atoms with Crippen LogP contribution in [-0.4, -0.2) is 54.4 Å². The van der Waals surface area contributed by atoms with Gasteiger partial charge in [-0.05, 0) is 24.7 Å². The maximum Gasteiger partial charge on any atom is 0.326 e. The van der Waals surface area contributed by atoms with Crippen LogP contribution >= 0.6 is 0 Å². The second-order valence-electron chi connectivity index (χ2n) is 5.97. The number of amides is 2. The first-order valence-electron chi connectivity index (χ1n) is 7.31. The molecule has 114 valence electrons. The minimum Gasteiger partial charge on any atom is -0.480 e. The summed E-state index contributed by atoms with van der Waals surface area (Å²) in [4.78, 5) is 24.8. The van der Waals surface area contributed by atoms with Gasteiger partial charge in [-0.3, -0.25) is 0 Å². The molecule has 0 aromatic rings. The SMILES string of the molecule is CCC1(CNC(=O)N2CC(OC)CC2C(=O)O)CCC1. The van der Waals surface area contributed by atoms with Gasteiger partial charge in [-0.2, -0.15) is 0 Å². The lowest BCUT2D eigenvalue weighted by Gasteiger charge is -2.41. The fourth-order valence-electron chi connectivity index (χ4n) is 3.12. The largest absolute Gasteiger partial charge is 0.480 e. The van der Waals surface area contributed by atoms with E-state index in [1.54, 1.807) is 7.11 Å². The maximum absolute atomic E-state index is 12.2. The fourth-order valence-corrected chi connectivity index (χ4v) is 3.12. The van der Waals surface area contributed by atoms with Gasteiger partial charge in [-0.25, -0.2) is 9.59 Å². The third kappa shape index (κ3) is 2.90. The fraction of sp³-hybridized carbons (Fsp3) is 0.857. The summed E-state index contributed by atoms with van der Waals surface area (Å²) < 4.78 is 5.19. The highest BCUT2D eigenvalue weighted by atomic mass is 16.5. The number of carbonyl (C=O) groups is 2. The van der Waals surface area contributed by atoms with E-state index in [4.69, 9.17) is 4.74 Å². The standard InChI is InChI=1S/C14H24N2O4/c1-3-14(5-4-6-14)9-15-13(19)16-8-10(20-2)7-11(16)12(17)18/h10-11H,3-9H2,1-2H3,(H,15,19)(H,17,18). The van der Waals surface area contributed by atoms with Crippen LogP contribution in [0.25, 0.3) is 0 Å². The van der Waals surface area contributed by atoms with Crippen molar-refractivity contribution in [1.82, 2.24) is 10.2 Å². The summed E-state index contributed by atoms with van der Waals surface area (Å²) in [6, 6.07) is -1.06. The van der Waals surface area contributed by atoms with E-state index in [0.717, 1.165) is 19.3 Å². The number of likely N-dealkylation sites (tertiary alicyclic amines) is 1. The van der Waals surface area contributed by atoms with Crippen LogP contribution in [0.4, 0.5) is 4.79 Å². The molecule has 0 bridgehead atoms. The van der Waals surface area contributed by atoms with Gasteiger partial charge in [0.05, 0.1) is 6.10 Å². The highest BCUT2D eigenvalue weighted by Crippen LogP contribution is 2.43. The zero-order chi connectivity index (χ0) is 14.8. The second kappa shape index (κ2) is 5.99. The van der Waals surface area contributed by atoms with Gasteiger partial charge in [0, 0.05) is 26.6 Å². The molecule has 1 saturated heterocycles. The van der Waals surface area contributed by atoms with Crippen molar-refractivity contribution in [2.75, 3.05) is 20.2 Å². The molecule has 0 aromatic heterocycles. The lowest BCUT2D eigenvalue weighted by molar-refractivity contribution is -0.141. The molecule has 2 unspecified atom stereocenters. The van der Waals surface area contributed by atoms with E-state index in [1.165, 1.54) is 11.3 Å². The molecule has 6 nitrogen and oxygen atoms in total. The Bertz CT molecular complexity index is 376. The third-order valence-electron chi connectivity index (χ3n) is 4.92. The minimum atomic E-state index is -0.964. The van der Waals surface area contributed by atoms with E-state index < -0.39 is 12.0 Å². The topological polar surface area (TPSA) is 78.9 Å². The van der Waals surface area contributed by atoms with Crippen molar-refractivity contribution in [1.29, 1.82) is 0 Å². The molecular formula is C14H24N2O4. The Morgan fingerprint density at radius 2 is 2.15 bits per heavy atom. The molecular weight excluding hydrogens is 260 g/mol. The van der Waals surface area contributed by atoms with Gasteiger partial charge in [0.25, 0.3) is 0 Å². The first-order valence-corrected chi connectivity index (χ1v) is 7.31. The van der Waals surface area contributed by atoms with E-state index in [0.29, 0.717) is 19.5 Å². The van der Waals surface area contributed by atoms with Crippen LogP contribution in [0.15, 0.2) is 0 Å². The van der Waals surface area contributed by atoms with Gasteiger partial charge in [0.1, 0.15) is 6.04 Å². The molecule has 2 amide bonds. The highest BCUT2D eigenvalue weighted by Gasteiger charge is 2.41. The summed E-state index contributed by atoms with van der Waals surface area (Å²) in [5, 5.41) is 12.1. The van der Waals surface area contributed by atoms with E-state index >= 15 is 0 Å². The molecule has 1 saturated carbocycles. The molecule has 0 radical (unpaired) electrons. The molecule has 1 heterocycles. The van der Waals surface area contributed by atoms with Crippen LogP contribution in [0.3, 0.4) is 0 Å². The van der Waals surface area contributed by atoms with Crippen molar-refractivity contribution in [3.05, 3.63) is 0 Å². The Labute approximate surface area is 119 Å². The van der Waals surface area contributed by atoms with Crippen molar-refractivity contribution >= 4 is 12.0 Å². The van der Waals surface area contributed by atoms with E-state index in [9.17, 15) is 14.7 Å². The van der Waals surface area contributed by atoms with Crippen molar-refractivity contribution < 1.29 is 19.4 Å². The van der Waals surface area contributed by atoms with Gasteiger partial charge >= 0.3 is 12.0 Å². The van der Waals surface area contributed by atoms with Crippen molar-refractivity contribution in [3.63, 3.8) is 0 Å². The molecule has 20 heavy (non-hydrogen) atoms. The zero-order valence-electron chi connectivity index (χ0n) is 12.2. The van der Waals surface area contributed by atoms with Gasteiger partial charge in [0.2, 0.25) is 0 Å². The van der Waals surface area contributed by atoms with Crippen LogP contribution in [-0.2, 0) is 9.53 Å². The van der Waals surface area contributed by atoms with E-state index in [-0.39, 0.29) is 17.6 Å². The first-order chi connectivity index (χ1) is 9.51. The quantitative estimate of drug-likeness (QED) is 0.801. The molecule has 2 N–H and O–H groups in total. The molecule has 6 heteroatoms. The van der Waals surface area contributed by atoms with Gasteiger partial charge in [0.15, 0.2) is 0 Å². The summed E-state index contributed by atoms with van der Waals surface area (Å²) in [7, 11) is 1.55. The Kier molecular flexibility index (Phi) is 4.52. The average Bonchev–Trinajstić information content (AvgIpc) is 2.82. The monoisotopic (exact) mass is 284 g/mol. The number of carbonyl (C=O) groups excluding carboxylic acids is 1. The Morgan fingerprint density at radius 3 is 2.60 bits per heavy atom. The number of urea groups is 1. The molecule has 2 atom stereocenters. The number of nitrogens with zero attached hydrogens (tertiary/aromatic N) is 1. The van der Waals surface area contributed by atoms with Crippen LogP contribution < -0.4 is 5.32 Å². The van der Waals surface area contributed by atoms with Gasteiger partial charge < -0.3 is 20.1 Å². The lowest BCUT2D eigenvalue weighted by Crippen LogP contribution is -2.50. The number of methoxy groups -OCH3 is 1. The number of hydrogen-bond acceptors (Lipinski definition) is 3. The number of carboxylic acid groups (broad SMARTS) is 1. The summed E-state index contributed by atoms with van der Waals surface area (Å²) in [6.07, 6.45) is 4.73. The highest BCUT2D eigenvalue weighted by molar-refractivity contribution is 5.83. The van der Waals surface area contributed by atoms with Crippen LogP contribution in [0.1, 0.15) is 39.0 Å². The normalized spacial score (nSPS) is 28.0. The second-order valence-corrected chi connectivity index (χ2v) is 5.97. The van der Waals surface area contributed by atoms with Crippen molar-refractivity contribution in [2.24, 2.45) is 5.41 Å². The Hall–Kier alpha value is -1.30. The smallest absolute Gasteiger partial charge is 0.326 e. The third-order valence-corrected chi connectivity index (χ3v) is 4.92. The summed E-state index contributed by atoms with van der Waals surface area (Å²) in [5.41, 5.74) is 0.231. The zero-order valence-corrected chi connectivity index (χ0v) is 12.2. The summed E-state index contributed by atoms with van der Waals surface area (Å²) >= 11 is 0. The number of aliphatic carboxylic acids is 1. The van der Waals surface area contributed by atoms with Crippen LogP contribution in [0, 0.1) is 5.41 Å². The molecule has 2 aliphatic rings. The predicted molar refractivity (Wildman–Crippen MR) is 73.5 cm³/mol. The van der Waals surface area contributed by atoms with Crippen LogP contribution in [0.2, 0.25) is 0 Å². The lowest BCUT2D eigenvalue weighted by atomic mass is 9.67. The van der Waals surface area contributed by atoms with Gasteiger partial charge in [-0.1, -0.05) is 13.3 Å². The minimum absolute atomic E-state index is 0.189. The number of nitrogens with one attached hydrogen (secondary N) is 1. The molecule has 2 rings (SSSR count). The van der Waals surface area contributed by atoms with E-state index in [2.05, 4.69) is 12.2 Å². The number of hydrogen-bond donors (Lipinski definition) is 2. The maximum atomic E-state index is 12.2. The molecule has 0 aromatic carbocycles.